The maximum absolute atomic E-state index is 12.9. The number of nitrogens with zero attached hydrogens (tertiary/aromatic N) is 4. The van der Waals surface area contributed by atoms with Crippen LogP contribution in [0.5, 0.6) is 5.75 Å². The predicted molar refractivity (Wildman–Crippen MR) is 123 cm³/mol. The van der Waals surface area contributed by atoms with Crippen LogP contribution in [-0.4, -0.2) is 26.1 Å². The van der Waals surface area contributed by atoms with E-state index in [2.05, 4.69) is 20.9 Å². The predicted octanol–water partition coefficient (Wildman–Crippen LogP) is 1.91. The van der Waals surface area contributed by atoms with Crippen LogP contribution in [0.2, 0.25) is 0 Å². The Hall–Kier alpha value is -3.67. The average Bonchev–Trinajstić information content (AvgIpc) is 3.51. The monoisotopic (exact) mass is 464 g/mol. The Morgan fingerprint density at radius 1 is 1.30 bits per heavy atom. The molecule has 2 N–H and O–H groups in total. The molecule has 1 saturated heterocycles. The highest BCUT2D eigenvalue weighted by molar-refractivity contribution is 7.15. The number of para-hydroxylation sites is 1. The number of hydrazine groups is 1. The van der Waals surface area contributed by atoms with Gasteiger partial charge in [0.05, 0.1) is 15.5 Å². The number of benzene rings is 2. The van der Waals surface area contributed by atoms with Crippen molar-refractivity contribution in [1.29, 1.82) is 0 Å². The third-order valence-electron chi connectivity index (χ3n) is 5.51. The van der Waals surface area contributed by atoms with Crippen LogP contribution in [0.1, 0.15) is 23.0 Å². The lowest BCUT2D eigenvalue weighted by atomic mass is 9.94. The van der Waals surface area contributed by atoms with Crippen molar-refractivity contribution in [1.82, 2.24) is 25.4 Å². The van der Waals surface area contributed by atoms with Crippen LogP contribution in [-0.2, 0) is 6.61 Å². The van der Waals surface area contributed by atoms with E-state index in [1.807, 2.05) is 43.3 Å². The summed E-state index contributed by atoms with van der Waals surface area (Å²) in [4.78, 5) is 28.6. The summed E-state index contributed by atoms with van der Waals surface area (Å²) in [7, 11) is 0. The van der Waals surface area contributed by atoms with Gasteiger partial charge in [-0.1, -0.05) is 47.7 Å². The van der Waals surface area contributed by atoms with E-state index < -0.39 is 4.92 Å². The van der Waals surface area contributed by atoms with Crippen molar-refractivity contribution in [2.75, 3.05) is 6.54 Å². The number of aryl methyl sites for hydroxylation is 1. The smallest absolute Gasteiger partial charge is 0.290 e. The third kappa shape index (κ3) is 4.21. The number of hydrogen-bond donors (Lipinski definition) is 2. The Bertz CT molecular complexity index is 1450. The Labute approximate surface area is 191 Å². The SMILES string of the molecule is Cc1ccccc1OCc1nc2s/c(=C\C3CNNC3c3cccc([N+](=O)[O-])c3)c(=O)n2n1. The molecule has 5 rings (SSSR count). The minimum Gasteiger partial charge on any atom is -0.485 e. The molecule has 4 aromatic rings. The number of nitro groups is 1. The molecule has 0 amide bonds. The summed E-state index contributed by atoms with van der Waals surface area (Å²) in [5, 5.41) is 15.4. The Morgan fingerprint density at radius 2 is 2.15 bits per heavy atom. The van der Waals surface area contributed by atoms with Crippen molar-refractivity contribution >= 4 is 28.1 Å². The lowest BCUT2D eigenvalue weighted by molar-refractivity contribution is -0.384. The first kappa shape index (κ1) is 21.2. The van der Waals surface area contributed by atoms with Gasteiger partial charge in [0.25, 0.3) is 11.2 Å². The van der Waals surface area contributed by atoms with Gasteiger partial charge in [-0.05, 0) is 24.1 Å². The maximum atomic E-state index is 12.9. The Balaban J connectivity index is 1.39. The molecule has 2 aromatic carbocycles. The molecular formula is C22H20N6O4S. The van der Waals surface area contributed by atoms with Crippen LogP contribution >= 0.6 is 11.3 Å². The number of non-ortho nitro benzene ring substituents is 1. The third-order valence-corrected chi connectivity index (χ3v) is 6.48. The normalized spacial score (nSPS) is 18.8. The molecule has 0 aliphatic carbocycles. The number of hydrogen-bond acceptors (Lipinski definition) is 9. The summed E-state index contributed by atoms with van der Waals surface area (Å²) < 4.78 is 7.61. The van der Waals surface area contributed by atoms with Crippen molar-refractivity contribution in [2.45, 2.75) is 19.6 Å². The van der Waals surface area contributed by atoms with E-state index in [1.54, 1.807) is 12.1 Å². The highest BCUT2D eigenvalue weighted by Crippen LogP contribution is 2.28. The fourth-order valence-electron chi connectivity index (χ4n) is 3.83. The zero-order valence-corrected chi connectivity index (χ0v) is 18.4. The molecular weight excluding hydrogens is 444 g/mol. The molecule has 1 aliphatic heterocycles. The quantitative estimate of drug-likeness (QED) is 0.328. The lowest BCUT2D eigenvalue weighted by Gasteiger charge is -2.15. The summed E-state index contributed by atoms with van der Waals surface area (Å²) in [5.41, 5.74) is 7.80. The molecule has 11 heteroatoms. The Kier molecular flexibility index (Phi) is 5.58. The minimum absolute atomic E-state index is 0.0312. The lowest BCUT2D eigenvalue weighted by Crippen LogP contribution is -2.27. The van der Waals surface area contributed by atoms with Gasteiger partial charge in [-0.3, -0.25) is 20.3 Å². The molecule has 0 saturated carbocycles. The number of ether oxygens (including phenoxy) is 1. The van der Waals surface area contributed by atoms with Crippen molar-refractivity contribution < 1.29 is 9.66 Å². The molecule has 0 bridgehead atoms. The highest BCUT2D eigenvalue weighted by atomic mass is 32.1. The molecule has 1 fully saturated rings. The van der Waals surface area contributed by atoms with E-state index in [9.17, 15) is 14.9 Å². The average molecular weight is 465 g/mol. The number of nitro benzene ring substituents is 1. The first-order valence-corrected chi connectivity index (χ1v) is 11.1. The van der Waals surface area contributed by atoms with E-state index in [0.717, 1.165) is 16.9 Å². The molecule has 168 valence electrons. The second kappa shape index (κ2) is 8.70. The fourth-order valence-corrected chi connectivity index (χ4v) is 4.81. The molecule has 3 heterocycles. The van der Waals surface area contributed by atoms with E-state index in [-0.39, 0.29) is 29.8 Å². The number of fused-ring (bicyclic) bond motifs is 1. The standard InChI is InChI=1S/C22H20N6O4S/c1-13-5-2-3-8-17(13)32-12-19-24-22-27(26-19)21(29)18(33-22)10-15-11-23-25-20(15)14-6-4-7-16(9-14)28(30)31/h2-10,15,20,23,25H,11-12H2,1H3/b18-10-. The molecule has 2 atom stereocenters. The molecule has 2 aromatic heterocycles. The number of nitrogens with one attached hydrogen (secondary N) is 2. The first-order valence-electron chi connectivity index (χ1n) is 10.3. The van der Waals surface area contributed by atoms with Gasteiger partial charge in [0.1, 0.15) is 12.4 Å². The van der Waals surface area contributed by atoms with Crippen molar-refractivity contribution in [2.24, 2.45) is 5.92 Å². The second-order valence-corrected chi connectivity index (χ2v) is 8.74. The first-order chi connectivity index (χ1) is 16.0. The molecule has 33 heavy (non-hydrogen) atoms. The van der Waals surface area contributed by atoms with Gasteiger partial charge < -0.3 is 4.74 Å². The van der Waals surface area contributed by atoms with Gasteiger partial charge in [-0.25, -0.2) is 5.43 Å². The van der Waals surface area contributed by atoms with Crippen molar-refractivity contribution in [3.8, 4) is 5.75 Å². The van der Waals surface area contributed by atoms with Gasteiger partial charge in [0.2, 0.25) is 4.96 Å². The zero-order chi connectivity index (χ0) is 22.9. The van der Waals surface area contributed by atoms with Crippen molar-refractivity contribution in [3.63, 3.8) is 0 Å². The van der Waals surface area contributed by atoms with Gasteiger partial charge in [0.15, 0.2) is 5.82 Å². The van der Waals surface area contributed by atoms with Crippen LogP contribution in [0.4, 0.5) is 5.69 Å². The van der Waals surface area contributed by atoms with Crippen LogP contribution in [0.3, 0.4) is 0 Å². The van der Waals surface area contributed by atoms with Gasteiger partial charge in [-0.2, -0.15) is 9.50 Å². The molecule has 2 unspecified atom stereocenters. The van der Waals surface area contributed by atoms with E-state index in [4.69, 9.17) is 4.74 Å². The zero-order valence-electron chi connectivity index (χ0n) is 17.6. The van der Waals surface area contributed by atoms with Crippen LogP contribution in [0, 0.1) is 23.0 Å². The molecule has 1 aliphatic rings. The van der Waals surface area contributed by atoms with Crippen molar-refractivity contribution in [3.05, 3.63) is 90.5 Å². The fraction of sp³-hybridized carbons (Fsp3) is 0.227. The van der Waals surface area contributed by atoms with Gasteiger partial charge in [-0.15, -0.1) is 5.10 Å². The van der Waals surface area contributed by atoms with Crippen LogP contribution < -0.4 is 25.7 Å². The van der Waals surface area contributed by atoms with Crippen LogP contribution in [0.25, 0.3) is 11.0 Å². The second-order valence-electron chi connectivity index (χ2n) is 7.73. The van der Waals surface area contributed by atoms with Crippen LogP contribution in [0.15, 0.2) is 53.3 Å². The molecule has 10 nitrogen and oxygen atoms in total. The topological polar surface area (TPSA) is 124 Å². The molecule has 0 radical (unpaired) electrons. The summed E-state index contributed by atoms with van der Waals surface area (Å²) >= 11 is 1.26. The molecule has 0 spiro atoms. The highest BCUT2D eigenvalue weighted by Gasteiger charge is 2.28. The van der Waals surface area contributed by atoms with E-state index >= 15 is 0 Å². The number of rotatable bonds is 6. The number of aromatic nitrogens is 3. The summed E-state index contributed by atoms with van der Waals surface area (Å²) in [6, 6.07) is 14.0. The van der Waals surface area contributed by atoms with Gasteiger partial charge in [0, 0.05) is 24.6 Å². The summed E-state index contributed by atoms with van der Waals surface area (Å²) in [6.07, 6.45) is 1.88. The largest absolute Gasteiger partial charge is 0.485 e. The Morgan fingerprint density at radius 3 is 2.94 bits per heavy atom. The van der Waals surface area contributed by atoms with Gasteiger partial charge >= 0.3 is 0 Å². The maximum Gasteiger partial charge on any atom is 0.290 e. The van der Waals surface area contributed by atoms with E-state index in [0.29, 0.717) is 21.9 Å². The summed E-state index contributed by atoms with van der Waals surface area (Å²) in [5.74, 6) is 1.11. The minimum atomic E-state index is -0.416. The number of thiazole rings is 1. The summed E-state index contributed by atoms with van der Waals surface area (Å²) in [6.45, 7) is 2.71. The van der Waals surface area contributed by atoms with E-state index in [1.165, 1.54) is 21.9 Å².